The van der Waals surface area contributed by atoms with Gasteiger partial charge in [0.15, 0.2) is 5.60 Å². The third-order valence-electron chi connectivity index (χ3n) is 4.06. The van der Waals surface area contributed by atoms with Gasteiger partial charge in [-0.25, -0.2) is 0 Å². The predicted octanol–water partition coefficient (Wildman–Crippen LogP) is 3.97. The van der Waals surface area contributed by atoms with Gasteiger partial charge in [-0.3, -0.25) is 0 Å². The van der Waals surface area contributed by atoms with Crippen molar-refractivity contribution in [1.29, 1.82) is 0 Å². The second-order valence-corrected chi connectivity index (χ2v) is 5.90. The van der Waals surface area contributed by atoms with Gasteiger partial charge in [0.05, 0.1) is 0 Å². The van der Waals surface area contributed by atoms with E-state index >= 15 is 0 Å². The van der Waals surface area contributed by atoms with Gasteiger partial charge in [0, 0.05) is 10.6 Å². The number of hydrogen-bond donors (Lipinski definition) is 1. The van der Waals surface area contributed by atoms with Crippen molar-refractivity contribution in [1.82, 2.24) is 0 Å². The fourth-order valence-electron chi connectivity index (χ4n) is 2.74. The normalized spacial score (nSPS) is 24.4. The Bertz CT molecular complexity index is 663. The lowest BCUT2D eigenvalue weighted by molar-refractivity contribution is 0.00392. The molecular weight excluding hydrogens is 272 g/mol. The first kappa shape index (κ1) is 13.5. The van der Waals surface area contributed by atoms with Crippen LogP contribution in [0.2, 0.25) is 5.02 Å². The molecule has 0 unspecified atom stereocenters. The predicted molar refractivity (Wildman–Crippen MR) is 80.5 cm³/mol. The molecule has 20 heavy (non-hydrogen) atoms. The van der Waals surface area contributed by atoms with Crippen LogP contribution in [0.25, 0.3) is 0 Å². The number of aryl methyl sites for hydroxylation is 2. The molecule has 0 radical (unpaired) electrons. The molecule has 0 saturated heterocycles. The van der Waals surface area contributed by atoms with Crippen molar-refractivity contribution in [3.63, 3.8) is 0 Å². The monoisotopic (exact) mass is 288 g/mol. The second kappa shape index (κ2) is 4.51. The molecule has 0 saturated carbocycles. The van der Waals surface area contributed by atoms with E-state index in [1.165, 1.54) is 0 Å². The molecular formula is C17H17ClO2. The number of benzene rings is 2. The van der Waals surface area contributed by atoms with Crippen molar-refractivity contribution < 1.29 is 9.84 Å². The summed E-state index contributed by atoms with van der Waals surface area (Å²) in [7, 11) is 0. The SMILES string of the molecule is Cc1ccc([C@@]2(O)c3cc(Cl)c(C)cc3O[C@H]2C)cc1. The highest BCUT2D eigenvalue weighted by Gasteiger charge is 2.47. The van der Waals surface area contributed by atoms with Gasteiger partial charge >= 0.3 is 0 Å². The summed E-state index contributed by atoms with van der Waals surface area (Å²) in [6, 6.07) is 11.6. The van der Waals surface area contributed by atoms with Crippen LogP contribution in [0, 0.1) is 13.8 Å². The first-order chi connectivity index (χ1) is 9.42. The zero-order valence-electron chi connectivity index (χ0n) is 11.8. The Morgan fingerprint density at radius 3 is 2.45 bits per heavy atom. The number of rotatable bonds is 1. The molecule has 0 amide bonds. The van der Waals surface area contributed by atoms with E-state index in [4.69, 9.17) is 16.3 Å². The highest BCUT2D eigenvalue weighted by molar-refractivity contribution is 6.31. The molecule has 2 aromatic carbocycles. The average molecular weight is 289 g/mol. The van der Waals surface area contributed by atoms with Crippen molar-refractivity contribution in [3.05, 3.63) is 63.7 Å². The van der Waals surface area contributed by atoms with Crippen LogP contribution in [-0.2, 0) is 5.60 Å². The lowest BCUT2D eigenvalue weighted by atomic mass is 9.83. The maximum Gasteiger partial charge on any atom is 0.155 e. The summed E-state index contributed by atoms with van der Waals surface area (Å²) in [6.45, 7) is 5.83. The molecule has 1 N–H and O–H groups in total. The summed E-state index contributed by atoms with van der Waals surface area (Å²) in [5.41, 5.74) is 2.52. The van der Waals surface area contributed by atoms with E-state index in [0.29, 0.717) is 10.8 Å². The van der Waals surface area contributed by atoms with Crippen LogP contribution in [0.4, 0.5) is 0 Å². The first-order valence-electron chi connectivity index (χ1n) is 6.69. The fraction of sp³-hybridized carbons (Fsp3) is 0.294. The molecule has 1 aliphatic heterocycles. The lowest BCUT2D eigenvalue weighted by Gasteiger charge is -2.27. The van der Waals surface area contributed by atoms with Crippen LogP contribution in [0.15, 0.2) is 36.4 Å². The van der Waals surface area contributed by atoms with E-state index in [2.05, 4.69) is 0 Å². The molecule has 3 rings (SSSR count). The smallest absolute Gasteiger partial charge is 0.155 e. The third kappa shape index (κ3) is 1.83. The molecule has 2 atom stereocenters. The number of halogens is 1. The van der Waals surface area contributed by atoms with E-state index in [-0.39, 0.29) is 6.10 Å². The van der Waals surface area contributed by atoms with Crippen LogP contribution in [0.3, 0.4) is 0 Å². The minimum absolute atomic E-state index is 0.349. The zero-order valence-corrected chi connectivity index (χ0v) is 12.5. The van der Waals surface area contributed by atoms with Gasteiger partial charge in [0.25, 0.3) is 0 Å². The molecule has 104 valence electrons. The van der Waals surface area contributed by atoms with Crippen LogP contribution in [0.5, 0.6) is 5.75 Å². The summed E-state index contributed by atoms with van der Waals surface area (Å²) >= 11 is 6.21. The van der Waals surface area contributed by atoms with E-state index in [0.717, 1.165) is 22.3 Å². The van der Waals surface area contributed by atoms with Crippen molar-refractivity contribution in [3.8, 4) is 5.75 Å². The molecule has 0 aromatic heterocycles. The van der Waals surface area contributed by atoms with Gasteiger partial charge < -0.3 is 9.84 Å². The Labute approximate surface area is 124 Å². The van der Waals surface area contributed by atoms with Gasteiger partial charge in [-0.1, -0.05) is 41.4 Å². The number of fused-ring (bicyclic) bond motifs is 1. The van der Waals surface area contributed by atoms with Gasteiger partial charge in [-0.2, -0.15) is 0 Å². The molecule has 0 spiro atoms. The highest BCUT2D eigenvalue weighted by Crippen LogP contribution is 2.47. The van der Waals surface area contributed by atoms with Crippen molar-refractivity contribution >= 4 is 11.6 Å². The maximum absolute atomic E-state index is 11.2. The van der Waals surface area contributed by atoms with E-state index in [1.54, 1.807) is 0 Å². The summed E-state index contributed by atoms with van der Waals surface area (Å²) < 4.78 is 5.83. The van der Waals surface area contributed by atoms with Crippen LogP contribution in [0.1, 0.15) is 29.2 Å². The molecule has 1 aliphatic rings. The van der Waals surface area contributed by atoms with Crippen LogP contribution < -0.4 is 4.74 Å². The second-order valence-electron chi connectivity index (χ2n) is 5.49. The molecule has 1 heterocycles. The zero-order chi connectivity index (χ0) is 14.5. The van der Waals surface area contributed by atoms with E-state index < -0.39 is 5.60 Å². The third-order valence-corrected chi connectivity index (χ3v) is 4.46. The Morgan fingerprint density at radius 2 is 1.80 bits per heavy atom. The molecule has 0 fully saturated rings. The number of ether oxygens (including phenoxy) is 1. The van der Waals surface area contributed by atoms with E-state index in [9.17, 15) is 5.11 Å². The number of hydrogen-bond acceptors (Lipinski definition) is 2. The van der Waals surface area contributed by atoms with Gasteiger partial charge in [0.1, 0.15) is 11.9 Å². The lowest BCUT2D eigenvalue weighted by Crippen LogP contribution is -2.36. The topological polar surface area (TPSA) is 29.5 Å². The molecule has 2 aromatic rings. The van der Waals surface area contributed by atoms with Crippen LogP contribution >= 0.6 is 11.6 Å². The Hall–Kier alpha value is -1.51. The maximum atomic E-state index is 11.2. The van der Waals surface area contributed by atoms with Crippen molar-refractivity contribution in [2.75, 3.05) is 0 Å². The Morgan fingerprint density at radius 1 is 1.15 bits per heavy atom. The van der Waals surface area contributed by atoms with Gasteiger partial charge in [0.2, 0.25) is 0 Å². The Kier molecular flexibility index (Phi) is 3.03. The minimum atomic E-state index is -1.15. The van der Waals surface area contributed by atoms with Gasteiger partial charge in [-0.15, -0.1) is 0 Å². The fourth-order valence-corrected chi connectivity index (χ4v) is 2.91. The van der Waals surface area contributed by atoms with Crippen LogP contribution in [-0.4, -0.2) is 11.2 Å². The average Bonchev–Trinajstić information content (AvgIpc) is 2.65. The highest BCUT2D eigenvalue weighted by atomic mass is 35.5. The Balaban J connectivity index is 2.20. The quantitative estimate of drug-likeness (QED) is 0.860. The number of aliphatic hydroxyl groups is 1. The summed E-state index contributed by atoms with van der Waals surface area (Å²) in [4.78, 5) is 0. The molecule has 2 nitrogen and oxygen atoms in total. The van der Waals surface area contributed by atoms with Crippen molar-refractivity contribution in [2.45, 2.75) is 32.5 Å². The van der Waals surface area contributed by atoms with Crippen molar-refractivity contribution in [2.24, 2.45) is 0 Å². The standard InChI is InChI=1S/C17H17ClO2/c1-10-4-6-13(7-5-10)17(19)12(3)20-16-8-11(2)15(18)9-14(16)17/h4-9,12,19H,1-3H3/t12-,17+/m0/s1. The summed E-state index contributed by atoms with van der Waals surface area (Å²) in [5.74, 6) is 0.711. The summed E-state index contributed by atoms with van der Waals surface area (Å²) in [5, 5.41) is 11.9. The van der Waals surface area contributed by atoms with E-state index in [1.807, 2.05) is 57.2 Å². The molecule has 3 heteroatoms. The molecule has 0 bridgehead atoms. The minimum Gasteiger partial charge on any atom is -0.487 e. The first-order valence-corrected chi connectivity index (χ1v) is 7.07. The summed E-state index contributed by atoms with van der Waals surface area (Å²) in [6.07, 6.45) is -0.349. The largest absolute Gasteiger partial charge is 0.487 e. The molecule has 0 aliphatic carbocycles. The van der Waals surface area contributed by atoms with Gasteiger partial charge in [-0.05, 0) is 44.0 Å².